The van der Waals surface area contributed by atoms with Crippen LogP contribution in [0.5, 0.6) is 5.75 Å². The zero-order chi connectivity index (χ0) is 29.8. The summed E-state index contributed by atoms with van der Waals surface area (Å²) >= 11 is 0. The Balaban J connectivity index is 1.94. The first kappa shape index (κ1) is 29.6. The summed E-state index contributed by atoms with van der Waals surface area (Å²) in [6, 6.07) is 0.482. The summed E-state index contributed by atoms with van der Waals surface area (Å²) in [6.07, 6.45) is 1.28. The van der Waals surface area contributed by atoms with Crippen molar-refractivity contribution in [2.24, 2.45) is 17.6 Å². The van der Waals surface area contributed by atoms with Crippen molar-refractivity contribution in [3.8, 4) is 5.75 Å². The monoisotopic (exact) mass is 556 g/mol. The lowest BCUT2D eigenvalue weighted by molar-refractivity contribution is -0.153. The largest absolute Gasteiger partial charge is 0.508 e. The number of ketones is 2. The van der Waals surface area contributed by atoms with E-state index in [1.54, 1.807) is 20.2 Å². The van der Waals surface area contributed by atoms with Crippen molar-refractivity contribution in [2.45, 2.75) is 51.3 Å². The SMILES string of the molecule is CCCN(CC)Cc1cc(O)c2c(c1N(C)C)C[C@H]1C[C@H]3[C@H](N(C)C)C(=O)C(C(N)=O)=C(O)[C@@]3(O)C(=O)C1=C2O. The van der Waals surface area contributed by atoms with Crippen molar-refractivity contribution >= 4 is 28.9 Å². The van der Waals surface area contributed by atoms with Crippen LogP contribution in [0.25, 0.3) is 5.76 Å². The molecule has 4 atom stereocenters. The van der Waals surface area contributed by atoms with Crippen LogP contribution in [-0.4, -0.2) is 101 Å². The first-order chi connectivity index (χ1) is 18.7. The minimum Gasteiger partial charge on any atom is -0.508 e. The molecule has 3 aliphatic rings. The molecule has 11 heteroatoms. The number of amides is 1. The number of benzene rings is 1. The van der Waals surface area contributed by atoms with Crippen molar-refractivity contribution in [1.29, 1.82) is 0 Å². The number of aromatic hydroxyl groups is 1. The van der Waals surface area contributed by atoms with Crippen LogP contribution in [0, 0.1) is 11.8 Å². The third kappa shape index (κ3) is 4.27. The standard InChI is InChI=1S/C29H40N4O7/c1-7-9-33(8-2)13-15-12-18(34)20-16(22(15)31(3)4)10-14-11-17-23(32(5)6)25(36)21(28(30)39)27(38)29(17,40)26(37)19(14)24(20)35/h12,14,17,23,34-35,38,40H,7-11,13H2,1-6H3,(H2,30,39)/t14-,17-,23-,29-/m0/s1. The Bertz CT molecular complexity index is 1330. The van der Waals surface area contributed by atoms with Crippen LogP contribution in [0.1, 0.15) is 43.4 Å². The van der Waals surface area contributed by atoms with Crippen molar-refractivity contribution < 1.29 is 34.8 Å². The van der Waals surface area contributed by atoms with Gasteiger partial charge < -0.3 is 31.1 Å². The Morgan fingerprint density at radius 3 is 2.30 bits per heavy atom. The van der Waals surface area contributed by atoms with Gasteiger partial charge in [0.05, 0.1) is 11.6 Å². The number of hydrogen-bond donors (Lipinski definition) is 5. The number of primary amides is 1. The second-order valence-corrected chi connectivity index (χ2v) is 11.5. The highest BCUT2D eigenvalue weighted by Gasteiger charge is 2.64. The highest BCUT2D eigenvalue weighted by Crippen LogP contribution is 2.54. The molecule has 0 heterocycles. The summed E-state index contributed by atoms with van der Waals surface area (Å²) in [4.78, 5) is 45.1. The summed E-state index contributed by atoms with van der Waals surface area (Å²) < 4.78 is 0. The molecule has 0 bridgehead atoms. The third-order valence-electron chi connectivity index (χ3n) is 8.60. The number of phenolic OH excluding ortho intramolecular Hbond substituents is 1. The fraction of sp³-hybridized carbons (Fsp3) is 0.552. The highest BCUT2D eigenvalue weighted by atomic mass is 16.3. The number of carbonyl (C=O) groups excluding carboxylic acids is 3. The number of rotatable bonds is 8. The van der Waals surface area contributed by atoms with Gasteiger partial charge in [-0.2, -0.15) is 0 Å². The van der Waals surface area contributed by atoms with Gasteiger partial charge in [-0.3, -0.25) is 24.2 Å². The van der Waals surface area contributed by atoms with Gasteiger partial charge in [0.15, 0.2) is 11.4 Å². The Morgan fingerprint density at radius 1 is 1.12 bits per heavy atom. The van der Waals surface area contributed by atoms with Crippen LogP contribution in [-0.2, 0) is 27.3 Å². The molecular formula is C29H40N4O7. The van der Waals surface area contributed by atoms with E-state index in [0.717, 1.165) is 30.8 Å². The third-order valence-corrected chi connectivity index (χ3v) is 8.60. The molecular weight excluding hydrogens is 516 g/mol. The fourth-order valence-electron chi connectivity index (χ4n) is 6.95. The number of likely N-dealkylation sites (N-methyl/N-ethyl adjacent to an activating group) is 1. The molecule has 0 saturated heterocycles. The molecule has 1 fully saturated rings. The smallest absolute Gasteiger partial charge is 0.255 e. The summed E-state index contributed by atoms with van der Waals surface area (Å²) in [5.41, 5.74) is 4.22. The Morgan fingerprint density at radius 2 is 1.77 bits per heavy atom. The molecule has 0 unspecified atom stereocenters. The molecule has 0 spiro atoms. The van der Waals surface area contributed by atoms with E-state index in [0.29, 0.717) is 12.1 Å². The molecule has 0 radical (unpaired) electrons. The van der Waals surface area contributed by atoms with Crippen LogP contribution in [0.2, 0.25) is 0 Å². The number of carbonyl (C=O) groups is 3. The van der Waals surface area contributed by atoms with Crippen LogP contribution < -0.4 is 10.6 Å². The van der Waals surface area contributed by atoms with Gasteiger partial charge in [-0.25, -0.2) is 0 Å². The number of fused-ring (bicyclic) bond motifs is 3. The zero-order valence-corrected chi connectivity index (χ0v) is 24.0. The summed E-state index contributed by atoms with van der Waals surface area (Å²) in [6.45, 7) is 6.43. The molecule has 11 nitrogen and oxygen atoms in total. The Kier molecular flexibility index (Phi) is 7.78. The first-order valence-electron chi connectivity index (χ1n) is 13.6. The lowest BCUT2D eigenvalue weighted by Crippen LogP contribution is -2.65. The van der Waals surface area contributed by atoms with E-state index >= 15 is 0 Å². The normalized spacial score (nSPS) is 26.3. The first-order valence-corrected chi connectivity index (χ1v) is 13.6. The minimum absolute atomic E-state index is 0.0561. The van der Waals surface area contributed by atoms with Gasteiger partial charge in [-0.15, -0.1) is 0 Å². The van der Waals surface area contributed by atoms with E-state index in [2.05, 4.69) is 18.7 Å². The van der Waals surface area contributed by atoms with Gasteiger partial charge in [-0.1, -0.05) is 13.8 Å². The summed E-state index contributed by atoms with van der Waals surface area (Å²) in [5, 5.41) is 45.4. The van der Waals surface area contributed by atoms with Crippen LogP contribution in [0.4, 0.5) is 5.69 Å². The number of nitrogens with two attached hydrogens (primary N) is 1. The molecule has 218 valence electrons. The number of aliphatic hydroxyl groups excluding tert-OH is 2. The molecule has 0 aromatic heterocycles. The Labute approximate surface area is 234 Å². The number of Topliss-reactive ketones (excluding diaryl/α,β-unsaturated/α-hetero) is 2. The molecule has 3 aliphatic carbocycles. The number of aliphatic hydroxyl groups is 3. The molecule has 6 N–H and O–H groups in total. The van der Waals surface area contributed by atoms with E-state index in [4.69, 9.17) is 5.73 Å². The number of hydrogen-bond acceptors (Lipinski definition) is 10. The highest BCUT2D eigenvalue weighted by molar-refractivity contribution is 6.24. The minimum atomic E-state index is -2.65. The van der Waals surface area contributed by atoms with Gasteiger partial charge >= 0.3 is 0 Å². The van der Waals surface area contributed by atoms with Gasteiger partial charge in [0, 0.05) is 37.8 Å². The van der Waals surface area contributed by atoms with Crippen molar-refractivity contribution in [2.75, 3.05) is 46.2 Å². The van der Waals surface area contributed by atoms with Crippen LogP contribution >= 0.6 is 0 Å². The second-order valence-electron chi connectivity index (χ2n) is 11.5. The van der Waals surface area contributed by atoms with E-state index in [1.165, 1.54) is 4.90 Å². The molecule has 1 aromatic carbocycles. The zero-order valence-electron chi connectivity index (χ0n) is 24.0. The average Bonchev–Trinajstić information content (AvgIpc) is 2.85. The van der Waals surface area contributed by atoms with Crippen LogP contribution in [0.3, 0.4) is 0 Å². The quantitative estimate of drug-likeness (QED) is 0.294. The predicted molar refractivity (Wildman–Crippen MR) is 150 cm³/mol. The molecule has 0 aliphatic heterocycles. The van der Waals surface area contributed by atoms with Crippen molar-refractivity contribution in [1.82, 2.24) is 9.80 Å². The van der Waals surface area contributed by atoms with Crippen molar-refractivity contribution in [3.05, 3.63) is 39.7 Å². The van der Waals surface area contributed by atoms with Gasteiger partial charge in [0.1, 0.15) is 22.8 Å². The lowest BCUT2D eigenvalue weighted by atomic mass is 9.57. The Hall–Kier alpha value is -3.41. The molecule has 4 rings (SSSR count). The van der Waals surface area contributed by atoms with E-state index in [1.807, 2.05) is 19.0 Å². The topological polar surface area (TPSA) is 168 Å². The van der Waals surface area contributed by atoms with Crippen molar-refractivity contribution in [3.63, 3.8) is 0 Å². The second kappa shape index (κ2) is 10.5. The van der Waals surface area contributed by atoms with Crippen LogP contribution in [0.15, 0.2) is 23.0 Å². The van der Waals surface area contributed by atoms with E-state index in [-0.39, 0.29) is 29.7 Å². The number of anilines is 1. The molecule has 40 heavy (non-hydrogen) atoms. The molecule has 1 amide bonds. The molecule has 1 saturated carbocycles. The number of nitrogens with zero attached hydrogens (tertiary/aromatic N) is 3. The van der Waals surface area contributed by atoms with Gasteiger partial charge in [0.2, 0.25) is 5.78 Å². The fourth-order valence-corrected chi connectivity index (χ4v) is 6.95. The van der Waals surface area contributed by atoms with Gasteiger partial charge in [-0.05, 0) is 69.6 Å². The maximum Gasteiger partial charge on any atom is 0.255 e. The predicted octanol–water partition coefficient (Wildman–Crippen LogP) is 1.26. The number of phenols is 1. The maximum absolute atomic E-state index is 14.0. The lowest BCUT2D eigenvalue weighted by Gasteiger charge is -2.50. The van der Waals surface area contributed by atoms with E-state index in [9.17, 15) is 34.8 Å². The summed E-state index contributed by atoms with van der Waals surface area (Å²) in [7, 11) is 6.92. The maximum atomic E-state index is 14.0. The van der Waals surface area contributed by atoms with Gasteiger partial charge in [0.25, 0.3) is 5.91 Å². The molecule has 1 aromatic rings. The van der Waals surface area contributed by atoms with E-state index < -0.39 is 58.0 Å². The summed E-state index contributed by atoms with van der Waals surface area (Å²) in [5.74, 6) is -6.53. The average molecular weight is 557 g/mol.